The minimum atomic E-state index is -1.70. The molecule has 1 amide bonds. The van der Waals surface area contributed by atoms with Crippen molar-refractivity contribution in [2.24, 2.45) is 5.73 Å². The number of amides is 1. The van der Waals surface area contributed by atoms with Crippen LogP contribution in [0.5, 0.6) is 5.75 Å². The van der Waals surface area contributed by atoms with E-state index in [1.165, 1.54) is 7.11 Å². The number of hydrogen-bond donors (Lipinski definition) is 2. The molecule has 5 heteroatoms. The van der Waals surface area contributed by atoms with Gasteiger partial charge in [0.1, 0.15) is 5.75 Å². The Balaban J connectivity index is 2.39. The average Bonchev–Trinajstić information content (AvgIpc) is 2.49. The number of carbonyl (C=O) groups is 1. The second-order valence-electron chi connectivity index (χ2n) is 4.60. The summed E-state index contributed by atoms with van der Waals surface area (Å²) in [5.74, 6) is -0.230. The molecule has 0 aliphatic rings. The molecule has 0 bridgehead atoms. The van der Waals surface area contributed by atoms with E-state index in [-0.39, 0.29) is 5.56 Å². The molecule has 0 heterocycles. The highest BCUT2D eigenvalue weighted by molar-refractivity contribution is 5.82. The molecule has 0 aromatic heterocycles. The Bertz CT molecular complexity index is 413. The fourth-order valence-electron chi connectivity index (χ4n) is 1.94. The number of nitrogens with two attached hydrogens (primary N) is 1. The second-order valence-corrected chi connectivity index (χ2v) is 4.60. The van der Waals surface area contributed by atoms with Crippen molar-refractivity contribution in [3.63, 3.8) is 0 Å². The lowest BCUT2D eigenvalue weighted by atomic mass is 10.1. The van der Waals surface area contributed by atoms with E-state index in [0.29, 0.717) is 18.8 Å². The monoisotopic (exact) mass is 282 g/mol. The van der Waals surface area contributed by atoms with E-state index in [1.54, 1.807) is 24.3 Å². The van der Waals surface area contributed by atoms with E-state index in [1.807, 2.05) is 0 Å². The van der Waals surface area contributed by atoms with Crippen LogP contribution in [0.15, 0.2) is 24.3 Å². The second kappa shape index (κ2) is 9.31. The van der Waals surface area contributed by atoms with Gasteiger partial charge in [0.25, 0.3) is 5.91 Å². The molecule has 1 aromatic carbocycles. The van der Waals surface area contributed by atoms with Gasteiger partial charge in [0.15, 0.2) is 0 Å². The van der Waals surface area contributed by atoms with E-state index in [9.17, 15) is 9.18 Å². The lowest BCUT2D eigenvalue weighted by Crippen LogP contribution is -2.28. The first kappa shape index (κ1) is 16.4. The summed E-state index contributed by atoms with van der Waals surface area (Å²) in [7, 11) is 1.46. The van der Waals surface area contributed by atoms with Gasteiger partial charge in [0.05, 0.1) is 7.11 Å². The molecule has 1 atom stereocenters. The highest BCUT2D eigenvalue weighted by Crippen LogP contribution is 2.27. The van der Waals surface area contributed by atoms with Crippen molar-refractivity contribution in [2.45, 2.75) is 31.9 Å². The molecule has 112 valence electrons. The number of nitrogens with one attached hydrogen (secondary N) is 1. The minimum Gasteiger partial charge on any atom is -0.496 e. The average molecular weight is 282 g/mol. The van der Waals surface area contributed by atoms with Crippen LogP contribution < -0.4 is 15.8 Å². The molecule has 20 heavy (non-hydrogen) atoms. The number of carbonyl (C=O) groups excluding carboxylic acids is 1. The lowest BCUT2D eigenvalue weighted by Gasteiger charge is -2.12. The van der Waals surface area contributed by atoms with E-state index in [2.05, 4.69) is 5.32 Å². The van der Waals surface area contributed by atoms with Gasteiger partial charge in [-0.05, 0) is 25.5 Å². The van der Waals surface area contributed by atoms with E-state index < -0.39 is 12.1 Å². The van der Waals surface area contributed by atoms with Gasteiger partial charge >= 0.3 is 0 Å². The van der Waals surface area contributed by atoms with Crippen LogP contribution in [-0.2, 0) is 4.79 Å². The molecule has 0 radical (unpaired) electrons. The smallest absolute Gasteiger partial charge is 0.259 e. The van der Waals surface area contributed by atoms with Gasteiger partial charge in [-0.2, -0.15) is 0 Å². The number of para-hydroxylation sites is 1. The standard InChI is InChI=1S/C15H23FN2O2/c1-20-13-9-5-4-8-12(13)14(16)15(19)18-11-7-3-2-6-10-17/h4-5,8-9,14H,2-3,6-7,10-11,17H2,1H3,(H,18,19). The van der Waals surface area contributed by atoms with Crippen LogP contribution in [0.2, 0.25) is 0 Å². The normalized spacial score (nSPS) is 11.9. The highest BCUT2D eigenvalue weighted by atomic mass is 19.1. The Morgan fingerprint density at radius 2 is 2.00 bits per heavy atom. The van der Waals surface area contributed by atoms with Crippen LogP contribution in [0.1, 0.15) is 37.4 Å². The van der Waals surface area contributed by atoms with Crippen LogP contribution in [0.4, 0.5) is 4.39 Å². The Morgan fingerprint density at radius 1 is 1.30 bits per heavy atom. The molecule has 0 fully saturated rings. The number of methoxy groups -OCH3 is 1. The maximum atomic E-state index is 14.1. The predicted molar refractivity (Wildman–Crippen MR) is 77.4 cm³/mol. The number of halogens is 1. The Hall–Kier alpha value is -1.62. The highest BCUT2D eigenvalue weighted by Gasteiger charge is 2.22. The molecule has 0 saturated heterocycles. The summed E-state index contributed by atoms with van der Waals surface area (Å²) in [6, 6.07) is 6.63. The molecule has 0 aliphatic heterocycles. The van der Waals surface area contributed by atoms with Crippen molar-refractivity contribution in [3.05, 3.63) is 29.8 Å². The fourth-order valence-corrected chi connectivity index (χ4v) is 1.94. The molecule has 0 spiro atoms. The Morgan fingerprint density at radius 3 is 2.70 bits per heavy atom. The molecular weight excluding hydrogens is 259 g/mol. The van der Waals surface area contributed by atoms with Crippen molar-refractivity contribution < 1.29 is 13.9 Å². The van der Waals surface area contributed by atoms with Crippen molar-refractivity contribution in [3.8, 4) is 5.75 Å². The number of alkyl halides is 1. The van der Waals surface area contributed by atoms with E-state index in [4.69, 9.17) is 10.5 Å². The van der Waals surface area contributed by atoms with Gasteiger partial charge < -0.3 is 15.8 Å². The van der Waals surface area contributed by atoms with E-state index in [0.717, 1.165) is 25.7 Å². The minimum absolute atomic E-state index is 0.260. The van der Waals surface area contributed by atoms with Crippen molar-refractivity contribution in [1.82, 2.24) is 5.32 Å². The number of unbranched alkanes of at least 4 members (excludes halogenated alkanes) is 3. The topological polar surface area (TPSA) is 64.3 Å². The predicted octanol–water partition coefficient (Wildman–Crippen LogP) is 2.34. The van der Waals surface area contributed by atoms with Gasteiger partial charge in [-0.25, -0.2) is 4.39 Å². The fraction of sp³-hybridized carbons (Fsp3) is 0.533. The first-order valence-corrected chi connectivity index (χ1v) is 6.95. The Labute approximate surface area is 119 Å². The maximum absolute atomic E-state index is 14.1. The summed E-state index contributed by atoms with van der Waals surface area (Å²) in [5, 5.41) is 2.61. The molecule has 0 aliphatic carbocycles. The molecule has 1 rings (SSSR count). The summed E-state index contributed by atoms with van der Waals surface area (Å²) in [6.07, 6.45) is 2.15. The first-order chi connectivity index (χ1) is 9.70. The third-order valence-corrected chi connectivity index (χ3v) is 3.07. The zero-order valence-electron chi connectivity index (χ0n) is 11.9. The van der Waals surface area contributed by atoms with E-state index >= 15 is 0 Å². The summed E-state index contributed by atoms with van der Waals surface area (Å²) in [6.45, 7) is 1.17. The number of rotatable bonds is 9. The summed E-state index contributed by atoms with van der Waals surface area (Å²) in [5.41, 5.74) is 5.65. The number of hydrogen-bond acceptors (Lipinski definition) is 3. The van der Waals surface area contributed by atoms with Gasteiger partial charge in [0.2, 0.25) is 6.17 Å². The van der Waals surface area contributed by atoms with Gasteiger partial charge in [-0.1, -0.05) is 31.0 Å². The molecule has 1 aromatic rings. The van der Waals surface area contributed by atoms with Crippen LogP contribution >= 0.6 is 0 Å². The number of benzene rings is 1. The third-order valence-electron chi connectivity index (χ3n) is 3.07. The van der Waals surface area contributed by atoms with Crippen molar-refractivity contribution in [1.29, 1.82) is 0 Å². The maximum Gasteiger partial charge on any atom is 0.259 e. The van der Waals surface area contributed by atoms with Crippen LogP contribution in [0, 0.1) is 0 Å². The molecule has 0 saturated carbocycles. The third kappa shape index (κ3) is 5.17. The van der Waals surface area contributed by atoms with Gasteiger partial charge in [0, 0.05) is 12.1 Å². The SMILES string of the molecule is COc1ccccc1C(F)C(=O)NCCCCCCN. The van der Waals surface area contributed by atoms with Crippen LogP contribution in [-0.4, -0.2) is 26.1 Å². The largest absolute Gasteiger partial charge is 0.496 e. The molecule has 1 unspecified atom stereocenters. The zero-order chi connectivity index (χ0) is 14.8. The quantitative estimate of drug-likeness (QED) is 0.683. The number of ether oxygens (including phenoxy) is 1. The summed E-state index contributed by atoms with van der Waals surface area (Å²) >= 11 is 0. The van der Waals surface area contributed by atoms with Crippen molar-refractivity contribution in [2.75, 3.05) is 20.2 Å². The van der Waals surface area contributed by atoms with Crippen LogP contribution in [0.25, 0.3) is 0 Å². The lowest BCUT2D eigenvalue weighted by molar-refractivity contribution is -0.126. The molecule has 4 nitrogen and oxygen atoms in total. The molecule has 3 N–H and O–H groups in total. The van der Waals surface area contributed by atoms with Gasteiger partial charge in [-0.3, -0.25) is 4.79 Å². The first-order valence-electron chi connectivity index (χ1n) is 6.95. The molecular formula is C15H23FN2O2. The summed E-state index contributed by atoms with van der Waals surface area (Å²) < 4.78 is 19.2. The van der Waals surface area contributed by atoms with Crippen molar-refractivity contribution >= 4 is 5.91 Å². The zero-order valence-corrected chi connectivity index (χ0v) is 11.9. The van der Waals surface area contributed by atoms with Gasteiger partial charge in [-0.15, -0.1) is 0 Å². The van der Waals surface area contributed by atoms with Crippen LogP contribution in [0.3, 0.4) is 0 Å². The Kier molecular flexibility index (Phi) is 7.65. The summed E-state index contributed by atoms with van der Waals surface area (Å²) in [4.78, 5) is 11.7.